The Bertz CT molecular complexity index is 1360. The van der Waals surface area contributed by atoms with Crippen LogP contribution in [0, 0.1) is 12.7 Å². The van der Waals surface area contributed by atoms with Gasteiger partial charge in [-0.2, -0.15) is 0 Å². The SMILES string of the molecule is CCC(C(=O)NC)N(Cc1cccc(OC)c1)C(=O)CN(c1ccc(C)cc1)S(=O)(=O)c1ccc(F)cc1. The molecule has 202 valence electrons. The van der Waals surface area contributed by atoms with Gasteiger partial charge in [-0.25, -0.2) is 12.8 Å². The zero-order valence-electron chi connectivity index (χ0n) is 21.8. The number of sulfonamides is 1. The van der Waals surface area contributed by atoms with E-state index in [0.717, 1.165) is 34.1 Å². The maximum atomic E-state index is 13.9. The molecule has 0 radical (unpaired) electrons. The number of anilines is 1. The quantitative estimate of drug-likeness (QED) is 0.397. The Hall–Kier alpha value is -3.92. The van der Waals surface area contributed by atoms with Crippen LogP contribution in [-0.2, 0) is 26.2 Å². The van der Waals surface area contributed by atoms with Crippen molar-refractivity contribution in [2.75, 3.05) is 25.0 Å². The predicted octanol–water partition coefficient (Wildman–Crippen LogP) is 3.89. The van der Waals surface area contributed by atoms with Gasteiger partial charge in [-0.3, -0.25) is 13.9 Å². The highest BCUT2D eigenvalue weighted by Crippen LogP contribution is 2.26. The molecular formula is C28H32FN3O5S. The van der Waals surface area contributed by atoms with E-state index in [1.165, 1.54) is 19.1 Å². The molecule has 0 aliphatic heterocycles. The van der Waals surface area contributed by atoms with Crippen molar-refractivity contribution in [3.63, 3.8) is 0 Å². The van der Waals surface area contributed by atoms with Crippen LogP contribution in [-0.4, -0.2) is 51.9 Å². The average Bonchev–Trinajstić information content (AvgIpc) is 2.92. The van der Waals surface area contributed by atoms with Crippen LogP contribution < -0.4 is 14.4 Å². The summed E-state index contributed by atoms with van der Waals surface area (Å²) in [4.78, 5) is 27.8. The molecule has 0 fully saturated rings. The third kappa shape index (κ3) is 6.69. The van der Waals surface area contributed by atoms with Gasteiger partial charge in [0, 0.05) is 13.6 Å². The normalized spacial score (nSPS) is 11.9. The van der Waals surface area contributed by atoms with E-state index in [1.54, 1.807) is 55.5 Å². The second-order valence-electron chi connectivity index (χ2n) is 8.71. The smallest absolute Gasteiger partial charge is 0.264 e. The third-order valence-electron chi connectivity index (χ3n) is 6.12. The number of hydrogen-bond acceptors (Lipinski definition) is 5. The molecule has 2 amide bonds. The second-order valence-corrected chi connectivity index (χ2v) is 10.6. The molecule has 8 nitrogen and oxygen atoms in total. The summed E-state index contributed by atoms with van der Waals surface area (Å²) in [6, 6.07) is 17.3. The first-order chi connectivity index (χ1) is 18.1. The minimum Gasteiger partial charge on any atom is -0.497 e. The van der Waals surface area contributed by atoms with Gasteiger partial charge >= 0.3 is 0 Å². The number of hydrogen-bond donors (Lipinski definition) is 1. The Morgan fingerprint density at radius 2 is 1.68 bits per heavy atom. The van der Waals surface area contributed by atoms with Gasteiger partial charge in [-0.15, -0.1) is 0 Å². The summed E-state index contributed by atoms with van der Waals surface area (Å²) in [5.74, 6) is -0.938. The molecule has 0 heterocycles. The lowest BCUT2D eigenvalue weighted by Gasteiger charge is -2.33. The highest BCUT2D eigenvalue weighted by atomic mass is 32.2. The van der Waals surface area contributed by atoms with Gasteiger partial charge < -0.3 is 15.0 Å². The van der Waals surface area contributed by atoms with Crippen LogP contribution in [0.4, 0.5) is 10.1 Å². The number of halogens is 1. The average molecular weight is 542 g/mol. The molecule has 3 rings (SSSR count). The number of carbonyl (C=O) groups is 2. The molecule has 0 saturated heterocycles. The fourth-order valence-electron chi connectivity index (χ4n) is 4.03. The number of amides is 2. The molecule has 10 heteroatoms. The first kappa shape index (κ1) is 28.6. The lowest BCUT2D eigenvalue weighted by molar-refractivity contribution is -0.140. The number of likely N-dealkylation sites (N-methyl/N-ethyl adjacent to an activating group) is 1. The summed E-state index contributed by atoms with van der Waals surface area (Å²) in [5, 5.41) is 2.59. The van der Waals surface area contributed by atoms with Crippen molar-refractivity contribution >= 4 is 27.5 Å². The molecule has 3 aromatic carbocycles. The number of aryl methyl sites for hydroxylation is 1. The lowest BCUT2D eigenvalue weighted by Crippen LogP contribution is -2.51. The van der Waals surface area contributed by atoms with Gasteiger partial charge in [-0.1, -0.05) is 36.8 Å². The van der Waals surface area contributed by atoms with Crippen molar-refractivity contribution in [3.05, 3.63) is 89.7 Å². The Morgan fingerprint density at radius 3 is 2.26 bits per heavy atom. The number of nitrogens with zero attached hydrogens (tertiary/aromatic N) is 2. The lowest BCUT2D eigenvalue weighted by atomic mass is 10.1. The van der Waals surface area contributed by atoms with Crippen LogP contribution in [0.5, 0.6) is 5.75 Å². The molecule has 0 aliphatic rings. The molecule has 0 aromatic heterocycles. The number of carbonyl (C=O) groups excluding carboxylic acids is 2. The highest BCUT2D eigenvalue weighted by Gasteiger charge is 2.33. The summed E-state index contributed by atoms with van der Waals surface area (Å²) in [7, 11) is -1.24. The first-order valence-corrected chi connectivity index (χ1v) is 13.5. The summed E-state index contributed by atoms with van der Waals surface area (Å²) in [6.45, 7) is 3.12. The minimum atomic E-state index is -4.26. The third-order valence-corrected chi connectivity index (χ3v) is 7.91. The fraction of sp³-hybridized carbons (Fsp3) is 0.286. The topological polar surface area (TPSA) is 96.0 Å². The zero-order chi connectivity index (χ0) is 27.9. The maximum Gasteiger partial charge on any atom is 0.264 e. The summed E-state index contributed by atoms with van der Waals surface area (Å²) >= 11 is 0. The minimum absolute atomic E-state index is 0.0558. The van der Waals surface area contributed by atoms with E-state index < -0.39 is 34.3 Å². The van der Waals surface area contributed by atoms with E-state index in [0.29, 0.717) is 17.7 Å². The van der Waals surface area contributed by atoms with Crippen LogP contribution in [0.3, 0.4) is 0 Å². The fourth-order valence-corrected chi connectivity index (χ4v) is 5.44. The Labute approximate surface area is 223 Å². The van der Waals surface area contributed by atoms with Crippen molar-refractivity contribution in [2.24, 2.45) is 0 Å². The molecule has 38 heavy (non-hydrogen) atoms. The number of methoxy groups -OCH3 is 1. The van der Waals surface area contributed by atoms with Crippen LogP contribution in [0.15, 0.2) is 77.7 Å². The van der Waals surface area contributed by atoms with E-state index in [9.17, 15) is 22.4 Å². The van der Waals surface area contributed by atoms with Crippen molar-refractivity contribution in [1.29, 1.82) is 0 Å². The molecule has 1 N–H and O–H groups in total. The van der Waals surface area contributed by atoms with Crippen LogP contribution in [0.25, 0.3) is 0 Å². The van der Waals surface area contributed by atoms with Gasteiger partial charge in [0.15, 0.2) is 0 Å². The van der Waals surface area contributed by atoms with Crippen molar-refractivity contribution < 1.29 is 27.1 Å². The highest BCUT2D eigenvalue weighted by molar-refractivity contribution is 7.92. The van der Waals surface area contributed by atoms with Crippen molar-refractivity contribution in [1.82, 2.24) is 10.2 Å². The van der Waals surface area contributed by atoms with E-state index in [4.69, 9.17) is 4.74 Å². The molecule has 1 unspecified atom stereocenters. The van der Waals surface area contributed by atoms with Crippen LogP contribution in [0.1, 0.15) is 24.5 Å². The number of rotatable bonds is 11. The Balaban J connectivity index is 2.05. The monoisotopic (exact) mass is 541 g/mol. The molecular weight excluding hydrogens is 509 g/mol. The van der Waals surface area contributed by atoms with E-state index in [-0.39, 0.29) is 23.0 Å². The predicted molar refractivity (Wildman–Crippen MR) is 144 cm³/mol. The van der Waals surface area contributed by atoms with E-state index in [2.05, 4.69) is 5.32 Å². The molecule has 0 aliphatic carbocycles. The first-order valence-electron chi connectivity index (χ1n) is 12.1. The molecule has 0 spiro atoms. The molecule has 0 bridgehead atoms. The standard InChI is InChI=1S/C28H32FN3O5S/c1-5-26(28(34)30-3)31(18-21-7-6-8-24(17-21)37-4)27(33)19-32(23-13-9-20(2)10-14-23)38(35,36)25-15-11-22(29)12-16-25/h6-17,26H,5,18-19H2,1-4H3,(H,30,34). The van der Waals surface area contributed by atoms with Crippen LogP contribution in [0.2, 0.25) is 0 Å². The molecule has 0 saturated carbocycles. The van der Waals surface area contributed by atoms with Gasteiger partial charge in [0.25, 0.3) is 10.0 Å². The van der Waals surface area contributed by atoms with Gasteiger partial charge in [0.2, 0.25) is 11.8 Å². The second kappa shape index (κ2) is 12.6. The number of nitrogens with one attached hydrogen (secondary N) is 1. The van der Waals surface area contributed by atoms with Gasteiger partial charge in [0.05, 0.1) is 17.7 Å². The van der Waals surface area contributed by atoms with E-state index in [1.807, 2.05) is 6.92 Å². The maximum absolute atomic E-state index is 13.9. The Morgan fingerprint density at radius 1 is 1.03 bits per heavy atom. The molecule has 3 aromatic rings. The number of ether oxygens (including phenoxy) is 1. The van der Waals surface area contributed by atoms with Crippen LogP contribution >= 0.6 is 0 Å². The summed E-state index contributed by atoms with van der Waals surface area (Å²) in [5.41, 5.74) is 1.88. The molecule has 1 atom stereocenters. The van der Waals surface area contributed by atoms with Crippen molar-refractivity contribution in [3.8, 4) is 5.75 Å². The summed E-state index contributed by atoms with van der Waals surface area (Å²) < 4.78 is 47.2. The number of benzene rings is 3. The Kier molecular flexibility index (Phi) is 9.46. The van der Waals surface area contributed by atoms with Gasteiger partial charge in [0.1, 0.15) is 24.2 Å². The van der Waals surface area contributed by atoms with E-state index >= 15 is 0 Å². The largest absolute Gasteiger partial charge is 0.497 e. The van der Waals surface area contributed by atoms with Gasteiger partial charge in [-0.05, 0) is 67.4 Å². The van der Waals surface area contributed by atoms with Crippen molar-refractivity contribution in [2.45, 2.75) is 37.8 Å². The zero-order valence-corrected chi connectivity index (χ0v) is 22.7. The summed E-state index contributed by atoms with van der Waals surface area (Å²) in [6.07, 6.45) is 0.310.